The molecule has 0 amide bonds. The molecule has 0 atom stereocenters. The van der Waals surface area contributed by atoms with Crippen molar-refractivity contribution in [3.63, 3.8) is 0 Å². The second-order valence-corrected chi connectivity index (χ2v) is 7.22. The maximum atomic E-state index is 11.7. The zero-order chi connectivity index (χ0) is 20.5. The largest absolute Gasteiger partial charge is 0.491 e. The molecule has 2 aromatic carbocycles. The summed E-state index contributed by atoms with van der Waals surface area (Å²) >= 11 is 5.37. The zero-order valence-corrected chi connectivity index (χ0v) is 17.7. The maximum absolute atomic E-state index is 11.7. The molecule has 6 heteroatoms. The number of rotatable bonds is 8. The second-order valence-electron chi connectivity index (χ2n) is 6.82. The first-order chi connectivity index (χ1) is 13.4. The van der Waals surface area contributed by atoms with Gasteiger partial charge in [-0.1, -0.05) is 18.2 Å². The summed E-state index contributed by atoms with van der Waals surface area (Å²) in [6.45, 7) is 6.75. The number of ether oxygens (including phenoxy) is 2. The normalized spacial score (nSPS) is 10.5. The number of anilines is 1. The van der Waals surface area contributed by atoms with Crippen molar-refractivity contribution in [2.24, 2.45) is 0 Å². The van der Waals surface area contributed by atoms with Crippen molar-refractivity contribution >= 4 is 29.0 Å². The van der Waals surface area contributed by atoms with Crippen LogP contribution in [-0.2, 0) is 11.2 Å². The van der Waals surface area contributed by atoms with E-state index in [1.165, 1.54) is 12.7 Å². The highest BCUT2D eigenvalue weighted by Crippen LogP contribution is 2.18. The average molecular weight is 401 g/mol. The van der Waals surface area contributed by atoms with Gasteiger partial charge in [-0.25, -0.2) is 4.79 Å². The molecule has 0 saturated carbocycles. The van der Waals surface area contributed by atoms with E-state index in [2.05, 4.69) is 22.8 Å². The van der Waals surface area contributed by atoms with Gasteiger partial charge in [-0.15, -0.1) is 0 Å². The van der Waals surface area contributed by atoms with Crippen molar-refractivity contribution in [1.29, 1.82) is 0 Å². The summed E-state index contributed by atoms with van der Waals surface area (Å²) in [4.78, 5) is 11.7. The fourth-order valence-electron chi connectivity index (χ4n) is 2.67. The number of thiocarbonyl (C=S) groups is 1. The molecular weight excluding hydrogens is 372 g/mol. The van der Waals surface area contributed by atoms with Crippen molar-refractivity contribution < 1.29 is 14.3 Å². The van der Waals surface area contributed by atoms with E-state index in [9.17, 15) is 4.79 Å². The Morgan fingerprint density at radius 1 is 1.14 bits per heavy atom. The number of benzene rings is 2. The van der Waals surface area contributed by atoms with Crippen LogP contribution in [0.25, 0.3) is 0 Å². The second kappa shape index (κ2) is 10.7. The van der Waals surface area contributed by atoms with Gasteiger partial charge in [0.15, 0.2) is 5.11 Å². The van der Waals surface area contributed by atoms with Gasteiger partial charge in [0.25, 0.3) is 0 Å². The van der Waals surface area contributed by atoms with Crippen LogP contribution in [0.15, 0.2) is 42.5 Å². The van der Waals surface area contributed by atoms with Gasteiger partial charge >= 0.3 is 5.97 Å². The molecule has 0 heterocycles. The topological polar surface area (TPSA) is 59.6 Å². The predicted octanol–water partition coefficient (Wildman–Crippen LogP) is 4.49. The number of hydrogen-bond donors (Lipinski definition) is 2. The number of nitrogens with one attached hydrogen (secondary N) is 2. The van der Waals surface area contributed by atoms with Crippen molar-refractivity contribution in [3.8, 4) is 5.75 Å². The van der Waals surface area contributed by atoms with Gasteiger partial charge in [-0.3, -0.25) is 0 Å². The van der Waals surface area contributed by atoms with Crippen LogP contribution in [0.3, 0.4) is 0 Å². The molecule has 5 nitrogen and oxygen atoms in total. The molecule has 2 rings (SSSR count). The lowest BCUT2D eigenvalue weighted by atomic mass is 10.1. The van der Waals surface area contributed by atoms with Crippen LogP contribution in [0.4, 0.5) is 5.69 Å². The van der Waals surface area contributed by atoms with Crippen molar-refractivity contribution in [3.05, 3.63) is 59.2 Å². The third-order valence-electron chi connectivity index (χ3n) is 4.13. The number of carbonyl (C=O) groups is 1. The Morgan fingerprint density at radius 3 is 2.50 bits per heavy atom. The van der Waals surface area contributed by atoms with Gasteiger partial charge in [0.05, 0.1) is 18.8 Å². The number of esters is 1. The highest BCUT2D eigenvalue weighted by Gasteiger charge is 2.09. The van der Waals surface area contributed by atoms with E-state index < -0.39 is 0 Å². The molecule has 0 aromatic heterocycles. The summed E-state index contributed by atoms with van der Waals surface area (Å²) in [5.41, 5.74) is 3.54. The number of hydrogen-bond acceptors (Lipinski definition) is 4. The average Bonchev–Trinajstić information content (AvgIpc) is 2.67. The van der Waals surface area contributed by atoms with Gasteiger partial charge in [-0.05, 0) is 81.2 Å². The molecular formula is C22H28N2O3S. The lowest BCUT2D eigenvalue weighted by Crippen LogP contribution is -2.29. The van der Waals surface area contributed by atoms with Crippen LogP contribution in [0.2, 0.25) is 0 Å². The third kappa shape index (κ3) is 6.85. The van der Waals surface area contributed by atoms with E-state index in [-0.39, 0.29) is 12.1 Å². The van der Waals surface area contributed by atoms with Gasteiger partial charge in [0.1, 0.15) is 5.75 Å². The Balaban J connectivity index is 1.78. The molecule has 0 radical (unpaired) electrons. The van der Waals surface area contributed by atoms with E-state index in [1.54, 1.807) is 12.1 Å². The van der Waals surface area contributed by atoms with Crippen LogP contribution in [0, 0.1) is 6.92 Å². The third-order valence-corrected chi connectivity index (χ3v) is 4.38. The van der Waals surface area contributed by atoms with E-state index in [1.807, 2.05) is 39.0 Å². The summed E-state index contributed by atoms with van der Waals surface area (Å²) in [7, 11) is 1.37. The lowest BCUT2D eigenvalue weighted by Gasteiger charge is -2.13. The summed E-state index contributed by atoms with van der Waals surface area (Å²) in [6.07, 6.45) is 2.09. The molecule has 150 valence electrons. The van der Waals surface area contributed by atoms with Crippen molar-refractivity contribution in [2.45, 2.75) is 39.7 Å². The number of carbonyl (C=O) groups excluding carboxylic acids is 1. The fourth-order valence-corrected chi connectivity index (χ4v) is 2.88. The highest BCUT2D eigenvalue weighted by molar-refractivity contribution is 7.80. The molecule has 0 aliphatic heterocycles. The molecule has 0 unspecified atom stereocenters. The Bertz CT molecular complexity index is 804. The Kier molecular flexibility index (Phi) is 8.26. The quantitative estimate of drug-likeness (QED) is 0.387. The van der Waals surface area contributed by atoms with Crippen LogP contribution < -0.4 is 15.4 Å². The summed E-state index contributed by atoms with van der Waals surface area (Å²) < 4.78 is 10.4. The molecule has 2 N–H and O–H groups in total. The minimum Gasteiger partial charge on any atom is -0.491 e. The van der Waals surface area contributed by atoms with E-state index in [0.29, 0.717) is 10.7 Å². The molecule has 0 aliphatic rings. The monoisotopic (exact) mass is 400 g/mol. The number of aryl methyl sites for hydroxylation is 2. The zero-order valence-electron chi connectivity index (χ0n) is 16.9. The predicted molar refractivity (Wildman–Crippen MR) is 117 cm³/mol. The molecule has 0 bridgehead atoms. The van der Waals surface area contributed by atoms with Crippen molar-refractivity contribution in [1.82, 2.24) is 5.32 Å². The highest BCUT2D eigenvalue weighted by atomic mass is 32.1. The van der Waals surface area contributed by atoms with Crippen LogP contribution in [0.5, 0.6) is 5.75 Å². The van der Waals surface area contributed by atoms with Gasteiger partial charge in [-0.2, -0.15) is 0 Å². The standard InChI is InChI=1S/C22H28N2O3S/c1-15(2)27-19-11-8-17(9-12-19)6-5-13-23-22(28)24-20-14-18(21(25)26-4)10-7-16(20)3/h7-12,14-15H,5-6,13H2,1-4H3,(H2,23,24,28). The Hall–Kier alpha value is -2.60. The minimum absolute atomic E-state index is 0.181. The molecule has 0 fully saturated rings. The van der Waals surface area contributed by atoms with Gasteiger partial charge < -0.3 is 20.1 Å². The van der Waals surface area contributed by atoms with Crippen LogP contribution in [-0.4, -0.2) is 30.8 Å². The van der Waals surface area contributed by atoms with Gasteiger partial charge in [0, 0.05) is 12.2 Å². The van der Waals surface area contributed by atoms with Crippen LogP contribution >= 0.6 is 12.2 Å². The Morgan fingerprint density at radius 2 is 1.86 bits per heavy atom. The van der Waals surface area contributed by atoms with Crippen LogP contribution in [0.1, 0.15) is 41.8 Å². The first kappa shape index (κ1) is 21.7. The molecule has 0 saturated heterocycles. The minimum atomic E-state index is -0.369. The summed E-state index contributed by atoms with van der Waals surface area (Å²) in [6, 6.07) is 13.5. The maximum Gasteiger partial charge on any atom is 0.337 e. The molecule has 28 heavy (non-hydrogen) atoms. The number of methoxy groups -OCH3 is 1. The molecule has 0 aliphatic carbocycles. The lowest BCUT2D eigenvalue weighted by molar-refractivity contribution is 0.0601. The smallest absolute Gasteiger partial charge is 0.337 e. The summed E-state index contributed by atoms with van der Waals surface area (Å²) in [5, 5.41) is 6.89. The van der Waals surface area contributed by atoms with Gasteiger partial charge in [0.2, 0.25) is 0 Å². The van der Waals surface area contributed by atoms with Crippen molar-refractivity contribution in [2.75, 3.05) is 19.0 Å². The summed E-state index contributed by atoms with van der Waals surface area (Å²) in [5.74, 6) is 0.526. The van der Waals surface area contributed by atoms with E-state index >= 15 is 0 Å². The first-order valence-corrected chi connectivity index (χ1v) is 9.79. The molecule has 0 spiro atoms. The molecule has 2 aromatic rings. The van der Waals surface area contributed by atoms with E-state index in [4.69, 9.17) is 21.7 Å². The Labute approximate surface area is 172 Å². The fraction of sp³-hybridized carbons (Fsp3) is 0.364. The van der Waals surface area contributed by atoms with E-state index in [0.717, 1.165) is 36.4 Å². The first-order valence-electron chi connectivity index (χ1n) is 9.38. The SMILES string of the molecule is COC(=O)c1ccc(C)c(NC(=S)NCCCc2ccc(OC(C)C)cc2)c1.